The van der Waals surface area contributed by atoms with Gasteiger partial charge < -0.3 is 10.8 Å². The number of aromatic hydroxyl groups is 1. The van der Waals surface area contributed by atoms with Crippen molar-refractivity contribution in [2.45, 2.75) is 44.6 Å². The molecule has 1 fully saturated rings. The van der Waals surface area contributed by atoms with E-state index in [1.165, 1.54) is 6.07 Å². The van der Waals surface area contributed by atoms with Crippen molar-refractivity contribution >= 4 is 15.9 Å². The Balaban J connectivity index is 2.57. The molecule has 1 aromatic rings. The third-order valence-corrected chi connectivity index (χ3v) is 4.52. The number of rotatable bonds is 1. The smallest absolute Gasteiger partial charge is 0.166 e. The summed E-state index contributed by atoms with van der Waals surface area (Å²) in [5.41, 5.74) is 7.20. The van der Waals surface area contributed by atoms with Crippen LogP contribution in [0.4, 0.5) is 4.39 Å². The van der Waals surface area contributed by atoms with Gasteiger partial charge in [0.2, 0.25) is 0 Å². The lowest BCUT2D eigenvalue weighted by atomic mass is 9.75. The minimum atomic E-state index is -0.604. The third kappa shape index (κ3) is 2.20. The van der Waals surface area contributed by atoms with Crippen LogP contribution in [0.2, 0.25) is 0 Å². The Kier molecular flexibility index (Phi) is 3.46. The van der Waals surface area contributed by atoms with Gasteiger partial charge in [0.15, 0.2) is 11.6 Å². The minimum Gasteiger partial charge on any atom is -0.505 e. The predicted molar refractivity (Wildman–Crippen MR) is 69.5 cm³/mol. The van der Waals surface area contributed by atoms with Crippen LogP contribution in [-0.4, -0.2) is 5.11 Å². The van der Waals surface area contributed by atoms with Crippen molar-refractivity contribution in [3.05, 3.63) is 27.5 Å². The van der Waals surface area contributed by atoms with E-state index in [2.05, 4.69) is 15.9 Å². The molecule has 1 saturated carbocycles. The molecule has 0 heterocycles. The fourth-order valence-electron chi connectivity index (χ4n) is 2.75. The summed E-state index contributed by atoms with van der Waals surface area (Å²) in [4.78, 5) is 0. The molecule has 4 heteroatoms. The summed E-state index contributed by atoms with van der Waals surface area (Å²) in [7, 11) is 0. The van der Waals surface area contributed by atoms with Gasteiger partial charge in [0.1, 0.15) is 0 Å². The summed E-state index contributed by atoms with van der Waals surface area (Å²) < 4.78 is 14.3. The summed E-state index contributed by atoms with van der Waals surface area (Å²) in [5, 5.41) is 9.94. The number of phenolic OH excluding ortho intramolecular Hbond substituents is 1. The summed E-state index contributed by atoms with van der Waals surface area (Å²) in [6.45, 7) is 1.86. The third-order valence-electron chi connectivity index (χ3n) is 3.69. The molecule has 1 aliphatic carbocycles. The Bertz CT molecular complexity index is 415. The quantitative estimate of drug-likeness (QED) is 0.830. The van der Waals surface area contributed by atoms with E-state index in [9.17, 15) is 9.50 Å². The zero-order valence-electron chi connectivity index (χ0n) is 9.89. The first kappa shape index (κ1) is 12.8. The summed E-state index contributed by atoms with van der Waals surface area (Å²) in [5.74, 6) is -0.886. The van der Waals surface area contributed by atoms with E-state index >= 15 is 0 Å². The second-order valence-electron chi connectivity index (χ2n) is 4.91. The number of halogens is 2. The van der Waals surface area contributed by atoms with E-state index in [1.807, 2.05) is 6.92 Å². The second-order valence-corrected chi connectivity index (χ2v) is 5.76. The van der Waals surface area contributed by atoms with Gasteiger partial charge >= 0.3 is 0 Å². The van der Waals surface area contributed by atoms with Gasteiger partial charge in [0.25, 0.3) is 0 Å². The largest absolute Gasteiger partial charge is 0.505 e. The minimum absolute atomic E-state index is 0.282. The van der Waals surface area contributed by atoms with Gasteiger partial charge in [0.05, 0.1) is 0 Å². The summed E-state index contributed by atoms with van der Waals surface area (Å²) in [6, 6.07) is 1.29. The molecule has 3 N–H and O–H groups in total. The van der Waals surface area contributed by atoms with Gasteiger partial charge in [-0.2, -0.15) is 0 Å². The van der Waals surface area contributed by atoms with E-state index < -0.39 is 11.4 Å². The maximum absolute atomic E-state index is 13.6. The molecular formula is C13H17BrFNO. The molecule has 0 bridgehead atoms. The molecular weight excluding hydrogens is 285 g/mol. The molecule has 1 aromatic carbocycles. The van der Waals surface area contributed by atoms with Crippen LogP contribution in [0.5, 0.6) is 5.75 Å². The molecule has 1 aliphatic rings. The van der Waals surface area contributed by atoms with Crippen LogP contribution in [0, 0.1) is 12.7 Å². The van der Waals surface area contributed by atoms with Crippen LogP contribution in [0.15, 0.2) is 10.5 Å². The highest BCUT2D eigenvalue weighted by molar-refractivity contribution is 9.10. The summed E-state index contributed by atoms with van der Waals surface area (Å²) in [6.07, 6.45) is 4.83. The van der Waals surface area contributed by atoms with Crippen LogP contribution in [-0.2, 0) is 5.54 Å². The van der Waals surface area contributed by atoms with Crippen molar-refractivity contribution in [1.29, 1.82) is 0 Å². The average molecular weight is 302 g/mol. The lowest BCUT2D eigenvalue weighted by molar-refractivity contribution is 0.286. The number of phenols is 1. The number of nitrogens with two attached hydrogens (primary N) is 1. The molecule has 0 spiro atoms. The van der Waals surface area contributed by atoms with Crippen LogP contribution in [0.1, 0.15) is 43.2 Å². The van der Waals surface area contributed by atoms with E-state index in [0.717, 1.165) is 37.7 Å². The van der Waals surface area contributed by atoms with E-state index in [4.69, 9.17) is 5.73 Å². The van der Waals surface area contributed by atoms with Crippen LogP contribution in [0.25, 0.3) is 0 Å². The molecule has 0 amide bonds. The Morgan fingerprint density at radius 2 is 1.94 bits per heavy atom. The fraction of sp³-hybridized carbons (Fsp3) is 0.538. The number of benzene rings is 1. The van der Waals surface area contributed by atoms with Gasteiger partial charge in [-0.25, -0.2) is 4.39 Å². The van der Waals surface area contributed by atoms with Crippen LogP contribution < -0.4 is 5.73 Å². The van der Waals surface area contributed by atoms with Gasteiger partial charge in [-0.1, -0.05) is 35.2 Å². The molecule has 0 atom stereocenters. The van der Waals surface area contributed by atoms with E-state index in [0.29, 0.717) is 10.0 Å². The van der Waals surface area contributed by atoms with E-state index in [1.54, 1.807) is 0 Å². The highest BCUT2D eigenvalue weighted by Gasteiger charge is 2.34. The molecule has 17 heavy (non-hydrogen) atoms. The average Bonchev–Trinajstić information content (AvgIpc) is 2.27. The molecule has 0 radical (unpaired) electrons. The molecule has 94 valence electrons. The summed E-state index contributed by atoms with van der Waals surface area (Å²) >= 11 is 3.32. The lowest BCUT2D eigenvalue weighted by Gasteiger charge is -2.35. The van der Waals surface area contributed by atoms with Crippen molar-refractivity contribution < 1.29 is 9.50 Å². The van der Waals surface area contributed by atoms with E-state index in [-0.39, 0.29) is 5.75 Å². The van der Waals surface area contributed by atoms with Gasteiger partial charge in [0, 0.05) is 15.6 Å². The standard InChI is InChI=1S/C13H17BrFNO/c1-8-9(14)7-10(15)12(17)11(8)13(16)5-3-2-4-6-13/h7,17H,2-6,16H2,1H3. The van der Waals surface area contributed by atoms with Crippen LogP contribution in [0.3, 0.4) is 0 Å². The molecule has 0 aromatic heterocycles. The van der Waals surface area contributed by atoms with Crippen molar-refractivity contribution in [3.63, 3.8) is 0 Å². The molecule has 0 saturated heterocycles. The zero-order valence-corrected chi connectivity index (χ0v) is 11.5. The lowest BCUT2D eigenvalue weighted by Crippen LogP contribution is -2.39. The first-order chi connectivity index (χ1) is 7.96. The Labute approximate surface area is 109 Å². The topological polar surface area (TPSA) is 46.2 Å². The highest BCUT2D eigenvalue weighted by Crippen LogP contribution is 2.43. The van der Waals surface area contributed by atoms with Crippen molar-refractivity contribution in [1.82, 2.24) is 0 Å². The fourth-order valence-corrected chi connectivity index (χ4v) is 3.15. The van der Waals surface area contributed by atoms with Gasteiger partial charge in [-0.05, 0) is 31.4 Å². The van der Waals surface area contributed by atoms with Crippen LogP contribution >= 0.6 is 15.9 Å². The Hall–Kier alpha value is -0.610. The van der Waals surface area contributed by atoms with Gasteiger partial charge in [-0.15, -0.1) is 0 Å². The molecule has 2 rings (SSSR count). The molecule has 2 nitrogen and oxygen atoms in total. The highest BCUT2D eigenvalue weighted by atomic mass is 79.9. The van der Waals surface area contributed by atoms with Gasteiger partial charge in [-0.3, -0.25) is 0 Å². The first-order valence-corrected chi connectivity index (χ1v) is 6.72. The normalized spacial score (nSPS) is 19.3. The predicted octanol–water partition coefficient (Wildman–Crippen LogP) is 3.72. The number of hydrogen-bond donors (Lipinski definition) is 2. The number of hydrogen-bond acceptors (Lipinski definition) is 2. The SMILES string of the molecule is Cc1c(Br)cc(F)c(O)c1C1(N)CCCCC1. The maximum Gasteiger partial charge on any atom is 0.166 e. The molecule has 0 aliphatic heterocycles. The Morgan fingerprint density at radius 3 is 2.53 bits per heavy atom. The van der Waals surface area contributed by atoms with Crippen molar-refractivity contribution in [3.8, 4) is 5.75 Å². The van der Waals surface area contributed by atoms with Crippen molar-refractivity contribution in [2.75, 3.05) is 0 Å². The van der Waals surface area contributed by atoms with Crippen molar-refractivity contribution in [2.24, 2.45) is 5.73 Å². The maximum atomic E-state index is 13.6. The first-order valence-electron chi connectivity index (χ1n) is 5.92. The zero-order chi connectivity index (χ0) is 12.6. The Morgan fingerprint density at radius 1 is 1.35 bits per heavy atom. The molecule has 0 unspecified atom stereocenters. The second kappa shape index (κ2) is 4.58. The monoisotopic (exact) mass is 301 g/mol.